The number of unbranched alkanes of at least 4 members (excludes halogenated alkanes) is 1. The normalized spacial score (nSPS) is 22.3. The molecule has 0 aliphatic carbocycles. The van der Waals surface area contributed by atoms with Crippen LogP contribution in [0.1, 0.15) is 40.5 Å². The number of ether oxygens (including phenoxy) is 3. The summed E-state index contributed by atoms with van der Waals surface area (Å²) in [5.41, 5.74) is -0.564. The number of hydrogen-bond acceptors (Lipinski definition) is 5. The summed E-state index contributed by atoms with van der Waals surface area (Å²) in [4.78, 5) is 23.2. The molecule has 0 radical (unpaired) electrons. The Labute approximate surface area is 113 Å². The minimum absolute atomic E-state index is 0.298. The van der Waals surface area contributed by atoms with Crippen LogP contribution in [0.25, 0.3) is 0 Å². The molecule has 1 amide bonds. The molecule has 6 heteroatoms. The Morgan fingerprint density at radius 3 is 2.53 bits per heavy atom. The van der Waals surface area contributed by atoms with Crippen molar-refractivity contribution in [1.82, 2.24) is 5.32 Å². The van der Waals surface area contributed by atoms with Crippen molar-refractivity contribution in [3.63, 3.8) is 0 Å². The van der Waals surface area contributed by atoms with Gasteiger partial charge in [-0.15, -0.1) is 0 Å². The fourth-order valence-electron chi connectivity index (χ4n) is 1.50. The summed E-state index contributed by atoms with van der Waals surface area (Å²) in [6.45, 7) is 8.03. The van der Waals surface area contributed by atoms with Crippen LogP contribution in [-0.2, 0) is 19.0 Å². The van der Waals surface area contributed by atoms with Crippen molar-refractivity contribution < 1.29 is 23.8 Å². The van der Waals surface area contributed by atoms with E-state index in [0.717, 1.165) is 12.8 Å². The maximum absolute atomic E-state index is 11.6. The molecule has 1 rings (SSSR count). The van der Waals surface area contributed by atoms with Gasteiger partial charge in [0.2, 0.25) is 0 Å². The van der Waals surface area contributed by atoms with Crippen molar-refractivity contribution in [2.45, 2.75) is 58.3 Å². The lowest BCUT2D eigenvalue weighted by Gasteiger charge is -2.35. The van der Waals surface area contributed by atoms with Gasteiger partial charge in [0.15, 0.2) is 6.10 Å². The first kappa shape index (κ1) is 15.8. The van der Waals surface area contributed by atoms with E-state index in [4.69, 9.17) is 14.2 Å². The summed E-state index contributed by atoms with van der Waals surface area (Å²) in [6, 6.07) is -0.371. The van der Waals surface area contributed by atoms with Crippen LogP contribution in [0.4, 0.5) is 4.79 Å². The summed E-state index contributed by atoms with van der Waals surface area (Å²) in [6.07, 6.45) is 0.512. The first-order valence-electron chi connectivity index (χ1n) is 6.61. The smallest absolute Gasteiger partial charge is 0.408 e. The Balaban J connectivity index is 2.32. The van der Waals surface area contributed by atoms with Crippen molar-refractivity contribution >= 4 is 12.1 Å². The van der Waals surface area contributed by atoms with Crippen LogP contribution in [0.15, 0.2) is 0 Å². The highest BCUT2D eigenvalue weighted by Crippen LogP contribution is 2.16. The highest BCUT2D eigenvalue weighted by Gasteiger charge is 2.41. The molecule has 1 aliphatic rings. The molecule has 1 saturated heterocycles. The lowest BCUT2D eigenvalue weighted by atomic mass is 10.1. The Morgan fingerprint density at radius 1 is 1.37 bits per heavy atom. The monoisotopic (exact) mass is 273 g/mol. The Kier molecular flexibility index (Phi) is 5.60. The van der Waals surface area contributed by atoms with Gasteiger partial charge in [-0.05, 0) is 27.2 Å². The van der Waals surface area contributed by atoms with Crippen molar-refractivity contribution in [3.05, 3.63) is 0 Å². The quantitative estimate of drug-likeness (QED) is 0.608. The largest absolute Gasteiger partial charge is 0.464 e. The predicted molar refractivity (Wildman–Crippen MR) is 68.8 cm³/mol. The standard InChI is InChI=1S/C13H23NO5/c1-5-6-7-17-11(15)10-9(8-18-10)14-12(16)19-13(2,3)4/h9-10H,5-8H2,1-4H3,(H,14,16)/t9-,10-/m0/s1. The molecule has 19 heavy (non-hydrogen) atoms. The summed E-state index contributed by atoms with van der Waals surface area (Å²) in [7, 11) is 0. The van der Waals surface area contributed by atoms with Gasteiger partial charge in [-0.25, -0.2) is 9.59 Å². The number of hydrogen-bond donors (Lipinski definition) is 1. The van der Waals surface area contributed by atoms with Gasteiger partial charge in [0.25, 0.3) is 0 Å². The topological polar surface area (TPSA) is 73.9 Å². The first-order valence-corrected chi connectivity index (χ1v) is 6.61. The lowest BCUT2D eigenvalue weighted by Crippen LogP contribution is -2.60. The fourth-order valence-corrected chi connectivity index (χ4v) is 1.50. The second kappa shape index (κ2) is 6.75. The molecule has 0 unspecified atom stereocenters. The van der Waals surface area contributed by atoms with Gasteiger partial charge >= 0.3 is 12.1 Å². The van der Waals surface area contributed by atoms with Gasteiger partial charge in [-0.3, -0.25) is 0 Å². The Morgan fingerprint density at radius 2 is 2.05 bits per heavy atom. The number of nitrogens with one attached hydrogen (secondary N) is 1. The molecule has 1 heterocycles. The molecule has 0 aromatic carbocycles. The highest BCUT2D eigenvalue weighted by atomic mass is 16.6. The molecule has 0 bridgehead atoms. The number of alkyl carbamates (subject to hydrolysis) is 1. The Bertz CT molecular complexity index is 323. The Hall–Kier alpha value is -1.30. The molecule has 0 aromatic heterocycles. The zero-order valence-corrected chi connectivity index (χ0v) is 12.0. The van der Waals surface area contributed by atoms with E-state index < -0.39 is 23.8 Å². The van der Waals surface area contributed by atoms with Crippen molar-refractivity contribution in [3.8, 4) is 0 Å². The van der Waals surface area contributed by atoms with Crippen LogP contribution in [0.2, 0.25) is 0 Å². The highest BCUT2D eigenvalue weighted by molar-refractivity contribution is 5.78. The molecule has 1 N–H and O–H groups in total. The van der Waals surface area contributed by atoms with Crippen LogP contribution >= 0.6 is 0 Å². The summed E-state index contributed by atoms with van der Waals surface area (Å²) in [5.74, 6) is -0.430. The number of rotatable bonds is 5. The molecule has 1 fully saturated rings. The molecule has 2 atom stereocenters. The number of carbonyl (C=O) groups is 2. The van der Waals surface area contributed by atoms with Crippen LogP contribution in [-0.4, -0.2) is 43.0 Å². The summed E-state index contributed by atoms with van der Waals surface area (Å²) >= 11 is 0. The molecule has 1 aliphatic heterocycles. The van der Waals surface area contributed by atoms with Crippen LogP contribution < -0.4 is 5.32 Å². The third-order valence-corrected chi connectivity index (χ3v) is 2.50. The van der Waals surface area contributed by atoms with Gasteiger partial charge in [0, 0.05) is 0 Å². The van der Waals surface area contributed by atoms with E-state index in [9.17, 15) is 9.59 Å². The van der Waals surface area contributed by atoms with Crippen LogP contribution in [0.5, 0.6) is 0 Å². The average molecular weight is 273 g/mol. The van der Waals surface area contributed by atoms with Crippen LogP contribution in [0, 0.1) is 0 Å². The van der Waals surface area contributed by atoms with Crippen molar-refractivity contribution in [2.24, 2.45) is 0 Å². The van der Waals surface area contributed by atoms with E-state index in [1.165, 1.54) is 0 Å². The van der Waals surface area contributed by atoms with Gasteiger partial charge in [0.05, 0.1) is 19.3 Å². The van der Waals surface area contributed by atoms with E-state index in [1.54, 1.807) is 20.8 Å². The fraction of sp³-hybridized carbons (Fsp3) is 0.846. The third kappa shape index (κ3) is 5.46. The van der Waals surface area contributed by atoms with E-state index >= 15 is 0 Å². The van der Waals surface area contributed by atoms with E-state index in [0.29, 0.717) is 13.2 Å². The average Bonchev–Trinajstić information content (AvgIpc) is 2.22. The van der Waals surface area contributed by atoms with Gasteiger partial charge in [0.1, 0.15) is 5.60 Å². The van der Waals surface area contributed by atoms with Crippen LogP contribution in [0.3, 0.4) is 0 Å². The van der Waals surface area contributed by atoms with E-state index in [-0.39, 0.29) is 6.04 Å². The molecule has 0 aromatic rings. The summed E-state index contributed by atoms with van der Waals surface area (Å²) < 4.78 is 15.3. The molecule has 0 spiro atoms. The van der Waals surface area contributed by atoms with Gasteiger partial charge in [-0.1, -0.05) is 13.3 Å². The second-order valence-corrected chi connectivity index (χ2v) is 5.53. The van der Waals surface area contributed by atoms with Gasteiger partial charge < -0.3 is 19.5 Å². The molecular weight excluding hydrogens is 250 g/mol. The first-order chi connectivity index (χ1) is 8.83. The maximum Gasteiger partial charge on any atom is 0.408 e. The summed E-state index contributed by atoms with van der Waals surface area (Å²) in [5, 5.41) is 2.61. The van der Waals surface area contributed by atoms with E-state index in [1.807, 2.05) is 6.92 Å². The predicted octanol–water partition coefficient (Wildman–Crippen LogP) is 1.62. The van der Waals surface area contributed by atoms with Gasteiger partial charge in [-0.2, -0.15) is 0 Å². The zero-order valence-electron chi connectivity index (χ0n) is 12.0. The number of carbonyl (C=O) groups excluding carboxylic acids is 2. The maximum atomic E-state index is 11.6. The van der Waals surface area contributed by atoms with Crippen molar-refractivity contribution in [1.29, 1.82) is 0 Å². The van der Waals surface area contributed by atoms with E-state index in [2.05, 4.69) is 5.32 Å². The number of amides is 1. The SMILES string of the molecule is CCCCOC(=O)[C@H]1OC[C@@H]1NC(=O)OC(C)(C)C. The number of esters is 1. The minimum atomic E-state index is -0.718. The molecule has 0 saturated carbocycles. The lowest BCUT2D eigenvalue weighted by molar-refractivity contribution is -0.175. The molecular formula is C13H23NO5. The molecule has 110 valence electrons. The second-order valence-electron chi connectivity index (χ2n) is 5.53. The zero-order chi connectivity index (χ0) is 14.5. The third-order valence-electron chi connectivity index (χ3n) is 2.50. The van der Waals surface area contributed by atoms with Crippen molar-refractivity contribution in [2.75, 3.05) is 13.2 Å². The minimum Gasteiger partial charge on any atom is -0.464 e. The molecule has 6 nitrogen and oxygen atoms in total.